The van der Waals surface area contributed by atoms with Crippen molar-refractivity contribution in [3.63, 3.8) is 0 Å². The molecule has 0 aliphatic carbocycles. The third-order valence-corrected chi connectivity index (χ3v) is 3.79. The van der Waals surface area contributed by atoms with Gasteiger partial charge in [0.15, 0.2) is 0 Å². The minimum absolute atomic E-state index is 0.0165. The molecule has 0 unspecified atom stereocenters. The first kappa shape index (κ1) is 21.1. The van der Waals surface area contributed by atoms with Crippen molar-refractivity contribution in [3.05, 3.63) is 70.8 Å². The molecule has 0 atom stereocenters. The van der Waals surface area contributed by atoms with E-state index in [-0.39, 0.29) is 36.8 Å². The van der Waals surface area contributed by atoms with E-state index in [0.717, 1.165) is 36.4 Å². The zero-order chi connectivity index (χ0) is 20.7. The Kier molecular flexibility index (Phi) is 7.25. The van der Waals surface area contributed by atoms with E-state index in [0.29, 0.717) is 0 Å². The summed E-state index contributed by atoms with van der Waals surface area (Å²) in [5, 5.41) is 11.7. The van der Waals surface area contributed by atoms with Gasteiger partial charge >= 0.3 is 0 Å². The van der Waals surface area contributed by atoms with Crippen LogP contribution in [0.4, 0.5) is 17.6 Å². The van der Waals surface area contributed by atoms with Crippen LogP contribution < -0.4 is 10.6 Å². The van der Waals surface area contributed by atoms with Gasteiger partial charge in [0.1, 0.15) is 23.3 Å². The van der Waals surface area contributed by atoms with Crippen LogP contribution >= 0.6 is 0 Å². The number of carbonyl (C=O) groups is 2. The fraction of sp³-hybridized carbons (Fsp3) is 0.211. The number of amides is 2. The molecule has 9 heteroatoms. The fourth-order valence-corrected chi connectivity index (χ4v) is 2.40. The highest BCUT2D eigenvalue weighted by Gasteiger charge is 2.12. The van der Waals surface area contributed by atoms with Crippen molar-refractivity contribution in [3.8, 4) is 0 Å². The van der Waals surface area contributed by atoms with Crippen LogP contribution in [0.2, 0.25) is 0 Å². The van der Waals surface area contributed by atoms with E-state index in [1.165, 1.54) is 0 Å². The summed E-state index contributed by atoms with van der Waals surface area (Å²) in [6.45, 7) is 0. The lowest BCUT2D eigenvalue weighted by atomic mass is 10.1. The van der Waals surface area contributed by atoms with Gasteiger partial charge in [-0.1, -0.05) is 0 Å². The van der Waals surface area contributed by atoms with Gasteiger partial charge in [-0.3, -0.25) is 25.6 Å². The number of aryl methyl sites for hydroxylation is 2. The lowest BCUT2D eigenvalue weighted by molar-refractivity contribution is -0.120. The van der Waals surface area contributed by atoms with Crippen molar-refractivity contribution in [2.45, 2.75) is 25.7 Å². The Hall–Kier alpha value is -3.23. The molecule has 2 aromatic carbocycles. The van der Waals surface area contributed by atoms with Crippen molar-refractivity contribution in [2.75, 3.05) is 0 Å². The minimum atomic E-state index is -0.676. The van der Waals surface area contributed by atoms with E-state index < -0.39 is 41.0 Å². The van der Waals surface area contributed by atoms with Crippen molar-refractivity contribution in [1.29, 1.82) is 5.41 Å². The molecule has 0 spiro atoms. The molecule has 0 aliphatic rings. The molecule has 2 aromatic rings. The third kappa shape index (κ3) is 6.49. The smallest absolute Gasteiger partial charge is 0.226 e. The largest absolute Gasteiger partial charge is 0.297 e. The molecular weight excluding hydrogens is 378 g/mol. The lowest BCUT2D eigenvalue weighted by Crippen LogP contribution is -2.43. The number of guanidine groups is 1. The Balaban J connectivity index is 1.76. The van der Waals surface area contributed by atoms with Crippen molar-refractivity contribution >= 4 is 17.8 Å². The van der Waals surface area contributed by atoms with Crippen LogP contribution in [0.5, 0.6) is 0 Å². The summed E-state index contributed by atoms with van der Waals surface area (Å²) in [6.07, 6.45) is -0.634. The maximum absolute atomic E-state index is 13.5. The molecule has 0 saturated heterocycles. The first-order chi connectivity index (χ1) is 13.2. The highest BCUT2D eigenvalue weighted by atomic mass is 19.1. The second-order valence-corrected chi connectivity index (χ2v) is 5.94. The SMILES string of the molecule is N=C(NC(=O)CCc1cc(F)ccc1F)NC(=O)CCc1cc(F)ccc1F. The standard InChI is InChI=1S/C19H17F4N3O2/c20-13-3-5-15(22)11(9-13)1-7-17(27)25-19(24)26-18(28)8-2-12-10-14(21)4-6-16(12)23/h3-6,9-10H,1-2,7-8H2,(H3,24,25,26,27,28). The van der Waals surface area contributed by atoms with Crippen LogP contribution in [0.3, 0.4) is 0 Å². The first-order valence-electron chi connectivity index (χ1n) is 8.30. The number of halogens is 4. The Bertz CT molecular complexity index is 831. The molecule has 148 valence electrons. The predicted molar refractivity (Wildman–Crippen MR) is 93.4 cm³/mol. The quantitative estimate of drug-likeness (QED) is 0.399. The van der Waals surface area contributed by atoms with Gasteiger partial charge in [-0.15, -0.1) is 0 Å². The summed E-state index contributed by atoms with van der Waals surface area (Å²) in [7, 11) is 0. The molecule has 0 fully saturated rings. The number of carbonyl (C=O) groups excluding carboxylic acids is 2. The van der Waals surface area contributed by atoms with E-state index in [4.69, 9.17) is 5.41 Å². The molecule has 0 aromatic heterocycles. The fourth-order valence-electron chi connectivity index (χ4n) is 2.40. The zero-order valence-electron chi connectivity index (χ0n) is 14.6. The number of nitrogens with one attached hydrogen (secondary N) is 3. The lowest BCUT2D eigenvalue weighted by Gasteiger charge is -2.09. The number of benzene rings is 2. The second kappa shape index (κ2) is 9.63. The molecule has 0 heterocycles. The summed E-state index contributed by atoms with van der Waals surface area (Å²) in [4.78, 5) is 23.5. The molecule has 2 rings (SSSR count). The molecule has 5 nitrogen and oxygen atoms in total. The van der Waals surface area contributed by atoms with E-state index in [2.05, 4.69) is 10.6 Å². The van der Waals surface area contributed by atoms with E-state index in [1.54, 1.807) is 0 Å². The van der Waals surface area contributed by atoms with Gasteiger partial charge in [-0.25, -0.2) is 17.6 Å². The Morgan fingerprint density at radius 3 is 1.54 bits per heavy atom. The first-order valence-corrected chi connectivity index (χ1v) is 8.30. The van der Waals surface area contributed by atoms with E-state index >= 15 is 0 Å². The molecule has 3 N–H and O–H groups in total. The number of hydrogen-bond donors (Lipinski definition) is 3. The van der Waals surface area contributed by atoms with Gasteiger partial charge in [0.2, 0.25) is 17.8 Å². The van der Waals surface area contributed by atoms with Gasteiger partial charge in [0.25, 0.3) is 0 Å². The number of hydrogen-bond acceptors (Lipinski definition) is 3. The van der Waals surface area contributed by atoms with Crippen molar-refractivity contribution in [2.24, 2.45) is 0 Å². The van der Waals surface area contributed by atoms with Crippen LogP contribution in [0.15, 0.2) is 36.4 Å². The normalized spacial score (nSPS) is 10.4. The van der Waals surface area contributed by atoms with Crippen LogP contribution in [0.1, 0.15) is 24.0 Å². The summed E-state index contributed by atoms with van der Waals surface area (Å²) in [6, 6.07) is 5.76. The molecule has 0 bridgehead atoms. The molecule has 0 radical (unpaired) electrons. The van der Waals surface area contributed by atoms with Gasteiger partial charge < -0.3 is 0 Å². The summed E-state index contributed by atoms with van der Waals surface area (Å²) >= 11 is 0. The van der Waals surface area contributed by atoms with Gasteiger partial charge in [0, 0.05) is 12.8 Å². The summed E-state index contributed by atoms with van der Waals surface area (Å²) in [5.74, 6) is -4.52. The highest BCUT2D eigenvalue weighted by molar-refractivity contribution is 6.03. The molecule has 0 aliphatic heterocycles. The maximum atomic E-state index is 13.5. The molecular formula is C19H17F4N3O2. The average Bonchev–Trinajstić information content (AvgIpc) is 2.63. The summed E-state index contributed by atoms with van der Waals surface area (Å²) < 4.78 is 53.1. The van der Waals surface area contributed by atoms with Crippen LogP contribution in [-0.2, 0) is 22.4 Å². The third-order valence-electron chi connectivity index (χ3n) is 3.79. The van der Waals surface area contributed by atoms with Gasteiger partial charge in [-0.2, -0.15) is 0 Å². The molecule has 0 saturated carbocycles. The molecule has 2 amide bonds. The average molecular weight is 395 g/mol. The molecule has 28 heavy (non-hydrogen) atoms. The maximum Gasteiger partial charge on any atom is 0.226 e. The van der Waals surface area contributed by atoms with Crippen LogP contribution in [0, 0.1) is 28.7 Å². The van der Waals surface area contributed by atoms with Crippen molar-refractivity contribution in [1.82, 2.24) is 10.6 Å². The van der Waals surface area contributed by atoms with Crippen LogP contribution in [-0.4, -0.2) is 17.8 Å². The van der Waals surface area contributed by atoms with Crippen LogP contribution in [0.25, 0.3) is 0 Å². The van der Waals surface area contributed by atoms with Crippen molar-refractivity contribution < 1.29 is 27.2 Å². The van der Waals surface area contributed by atoms with E-state index in [1.807, 2.05) is 0 Å². The Morgan fingerprint density at radius 1 is 0.750 bits per heavy atom. The predicted octanol–water partition coefficient (Wildman–Crippen LogP) is 2.98. The highest BCUT2D eigenvalue weighted by Crippen LogP contribution is 2.12. The van der Waals surface area contributed by atoms with Gasteiger partial charge in [-0.05, 0) is 60.4 Å². The number of rotatable bonds is 6. The summed E-state index contributed by atoms with van der Waals surface area (Å²) in [5.41, 5.74) is 0.0330. The van der Waals surface area contributed by atoms with E-state index in [9.17, 15) is 27.2 Å². The second-order valence-electron chi connectivity index (χ2n) is 5.94. The monoisotopic (exact) mass is 395 g/mol. The Labute approximate surface area is 158 Å². The minimum Gasteiger partial charge on any atom is -0.297 e. The Morgan fingerprint density at radius 2 is 1.14 bits per heavy atom. The zero-order valence-corrected chi connectivity index (χ0v) is 14.6. The van der Waals surface area contributed by atoms with Gasteiger partial charge in [0.05, 0.1) is 0 Å². The topological polar surface area (TPSA) is 82.1 Å².